The maximum absolute atomic E-state index is 12.1. The van der Waals surface area contributed by atoms with Crippen LogP contribution in [0.15, 0.2) is 0 Å². The summed E-state index contributed by atoms with van der Waals surface area (Å²) in [5, 5.41) is 0. The molecule has 1 aliphatic rings. The standard InChI is InChI=1S/C13H23IN4O3/c1-2-3-11(19)16-8-17(12(20)4-6-14)10-18(9-16)13(21)5-7-15/h2-10,15H2,1H3. The van der Waals surface area contributed by atoms with Gasteiger partial charge < -0.3 is 20.4 Å². The smallest absolute Gasteiger partial charge is 0.226 e. The lowest BCUT2D eigenvalue weighted by molar-refractivity contribution is -0.158. The SMILES string of the molecule is CCCC(=O)N1CN(C(=O)CCN)CN(C(=O)CCI)C1. The summed E-state index contributed by atoms with van der Waals surface area (Å²) in [4.78, 5) is 40.8. The summed E-state index contributed by atoms with van der Waals surface area (Å²) in [5.41, 5.74) is 5.41. The predicted molar refractivity (Wildman–Crippen MR) is 87.2 cm³/mol. The largest absolute Gasteiger partial charge is 0.330 e. The van der Waals surface area contributed by atoms with Crippen molar-refractivity contribution < 1.29 is 14.4 Å². The second kappa shape index (κ2) is 9.19. The summed E-state index contributed by atoms with van der Waals surface area (Å²) >= 11 is 2.14. The molecular formula is C13H23IN4O3. The number of amides is 3. The van der Waals surface area contributed by atoms with E-state index in [0.717, 1.165) is 6.42 Å². The van der Waals surface area contributed by atoms with E-state index in [1.54, 1.807) is 9.80 Å². The summed E-state index contributed by atoms with van der Waals surface area (Å²) < 4.78 is 0.715. The van der Waals surface area contributed by atoms with Gasteiger partial charge >= 0.3 is 0 Å². The molecule has 21 heavy (non-hydrogen) atoms. The maximum atomic E-state index is 12.1. The lowest BCUT2D eigenvalue weighted by Gasteiger charge is -2.42. The van der Waals surface area contributed by atoms with Crippen molar-refractivity contribution in [2.75, 3.05) is 31.0 Å². The maximum Gasteiger partial charge on any atom is 0.226 e. The van der Waals surface area contributed by atoms with Crippen LogP contribution in [0, 0.1) is 0 Å². The monoisotopic (exact) mass is 410 g/mol. The first-order chi connectivity index (χ1) is 10.0. The second-order valence-corrected chi connectivity index (χ2v) is 6.03. The fraction of sp³-hybridized carbons (Fsp3) is 0.769. The molecule has 1 aliphatic heterocycles. The van der Waals surface area contributed by atoms with Crippen LogP contribution in [0.2, 0.25) is 0 Å². The fourth-order valence-electron chi connectivity index (χ4n) is 2.12. The Labute approximate surface area is 138 Å². The Hall–Kier alpha value is -0.900. The van der Waals surface area contributed by atoms with E-state index in [0.29, 0.717) is 17.3 Å². The van der Waals surface area contributed by atoms with Crippen molar-refractivity contribution in [3.8, 4) is 0 Å². The van der Waals surface area contributed by atoms with Crippen LogP contribution >= 0.6 is 22.6 Å². The molecule has 1 heterocycles. The fourth-order valence-corrected chi connectivity index (χ4v) is 2.58. The van der Waals surface area contributed by atoms with Crippen molar-refractivity contribution in [1.82, 2.24) is 14.7 Å². The number of alkyl halides is 1. The highest BCUT2D eigenvalue weighted by molar-refractivity contribution is 14.1. The highest BCUT2D eigenvalue weighted by Crippen LogP contribution is 2.12. The van der Waals surface area contributed by atoms with Crippen LogP contribution in [0.4, 0.5) is 0 Å². The minimum Gasteiger partial charge on any atom is -0.330 e. The Morgan fingerprint density at radius 3 is 1.71 bits per heavy atom. The van der Waals surface area contributed by atoms with Gasteiger partial charge in [-0.15, -0.1) is 0 Å². The molecule has 7 nitrogen and oxygen atoms in total. The first kappa shape index (κ1) is 18.1. The molecule has 120 valence electrons. The first-order valence-corrected chi connectivity index (χ1v) is 8.65. The van der Waals surface area contributed by atoms with Crippen LogP contribution in [0.5, 0.6) is 0 Å². The molecule has 0 aromatic heterocycles. The highest BCUT2D eigenvalue weighted by Gasteiger charge is 2.30. The van der Waals surface area contributed by atoms with Crippen molar-refractivity contribution in [3.63, 3.8) is 0 Å². The molecule has 0 atom stereocenters. The van der Waals surface area contributed by atoms with Crippen LogP contribution < -0.4 is 5.73 Å². The zero-order valence-corrected chi connectivity index (χ0v) is 14.5. The number of nitrogens with two attached hydrogens (primary N) is 1. The summed E-state index contributed by atoms with van der Waals surface area (Å²) in [6.07, 6.45) is 1.81. The minimum absolute atomic E-state index is 0.0324. The Balaban J connectivity index is 2.79. The Morgan fingerprint density at radius 1 is 0.905 bits per heavy atom. The quantitative estimate of drug-likeness (QED) is 0.505. The van der Waals surface area contributed by atoms with Crippen LogP contribution in [-0.2, 0) is 14.4 Å². The zero-order chi connectivity index (χ0) is 15.8. The number of hydrogen-bond acceptors (Lipinski definition) is 4. The van der Waals surface area contributed by atoms with Gasteiger partial charge in [0.25, 0.3) is 0 Å². The molecule has 0 bridgehead atoms. The summed E-state index contributed by atoms with van der Waals surface area (Å²) in [7, 11) is 0. The molecule has 0 saturated carbocycles. The first-order valence-electron chi connectivity index (χ1n) is 7.12. The van der Waals surface area contributed by atoms with E-state index in [1.165, 1.54) is 4.90 Å². The lowest BCUT2D eigenvalue weighted by Crippen LogP contribution is -2.59. The molecular weight excluding hydrogens is 387 g/mol. The number of carbonyl (C=O) groups excluding carboxylic acids is 3. The molecule has 8 heteroatoms. The van der Waals surface area contributed by atoms with E-state index in [4.69, 9.17) is 5.73 Å². The molecule has 0 aliphatic carbocycles. The van der Waals surface area contributed by atoms with Gasteiger partial charge in [0.1, 0.15) is 0 Å². The van der Waals surface area contributed by atoms with Gasteiger partial charge in [0.05, 0.1) is 20.0 Å². The van der Waals surface area contributed by atoms with Gasteiger partial charge in [-0.3, -0.25) is 14.4 Å². The third-order valence-electron chi connectivity index (χ3n) is 3.21. The summed E-state index contributed by atoms with van der Waals surface area (Å²) in [5.74, 6) is -0.197. The van der Waals surface area contributed by atoms with Crippen molar-refractivity contribution in [2.24, 2.45) is 5.73 Å². The van der Waals surface area contributed by atoms with E-state index in [2.05, 4.69) is 22.6 Å². The van der Waals surface area contributed by atoms with Crippen molar-refractivity contribution in [2.45, 2.75) is 32.6 Å². The van der Waals surface area contributed by atoms with Crippen LogP contribution in [0.3, 0.4) is 0 Å². The third-order valence-corrected chi connectivity index (χ3v) is 3.75. The number of hydrogen-bond donors (Lipinski definition) is 1. The van der Waals surface area contributed by atoms with Crippen molar-refractivity contribution in [3.05, 3.63) is 0 Å². The molecule has 0 aromatic rings. The van der Waals surface area contributed by atoms with Crippen LogP contribution in [0.1, 0.15) is 32.6 Å². The van der Waals surface area contributed by atoms with Gasteiger partial charge in [-0.1, -0.05) is 29.5 Å². The Kier molecular flexibility index (Phi) is 7.94. The van der Waals surface area contributed by atoms with Crippen LogP contribution in [0.25, 0.3) is 0 Å². The Bertz CT molecular complexity index is 329. The average molecular weight is 410 g/mol. The number of rotatable bonds is 6. The molecule has 1 rings (SSSR count). The average Bonchev–Trinajstić information content (AvgIpc) is 2.47. The number of carbonyl (C=O) groups is 3. The minimum atomic E-state index is -0.126. The van der Waals surface area contributed by atoms with Gasteiger partial charge in [0, 0.05) is 30.2 Å². The molecule has 1 saturated heterocycles. The van der Waals surface area contributed by atoms with Crippen LogP contribution in [-0.4, -0.2) is 63.4 Å². The number of halogens is 1. The van der Waals surface area contributed by atoms with E-state index in [9.17, 15) is 14.4 Å². The predicted octanol–water partition coefficient (Wildman–Crippen LogP) is 0.332. The van der Waals surface area contributed by atoms with Gasteiger partial charge in [-0.2, -0.15) is 0 Å². The molecule has 0 spiro atoms. The molecule has 3 amide bonds. The molecule has 1 fully saturated rings. The molecule has 0 unspecified atom stereocenters. The third kappa shape index (κ3) is 5.42. The molecule has 0 radical (unpaired) electrons. The van der Waals surface area contributed by atoms with Gasteiger partial charge in [-0.05, 0) is 6.42 Å². The highest BCUT2D eigenvalue weighted by atomic mass is 127. The normalized spacial score (nSPS) is 15.3. The van der Waals surface area contributed by atoms with Gasteiger partial charge in [-0.25, -0.2) is 0 Å². The zero-order valence-electron chi connectivity index (χ0n) is 12.4. The topological polar surface area (TPSA) is 86.9 Å². The Morgan fingerprint density at radius 2 is 1.33 bits per heavy atom. The van der Waals surface area contributed by atoms with E-state index in [1.807, 2.05) is 6.92 Å². The second-order valence-electron chi connectivity index (χ2n) is 4.95. The lowest BCUT2D eigenvalue weighted by atomic mass is 10.3. The van der Waals surface area contributed by atoms with E-state index in [-0.39, 0.29) is 50.7 Å². The molecule has 2 N–H and O–H groups in total. The summed E-state index contributed by atoms with van der Waals surface area (Å²) in [6, 6.07) is 0. The summed E-state index contributed by atoms with van der Waals surface area (Å²) in [6.45, 7) is 2.94. The van der Waals surface area contributed by atoms with Gasteiger partial charge in [0.15, 0.2) is 0 Å². The molecule has 0 aromatic carbocycles. The van der Waals surface area contributed by atoms with E-state index < -0.39 is 0 Å². The van der Waals surface area contributed by atoms with Gasteiger partial charge in [0.2, 0.25) is 17.7 Å². The number of nitrogens with zero attached hydrogens (tertiary/aromatic N) is 3. The van der Waals surface area contributed by atoms with Crippen molar-refractivity contribution in [1.29, 1.82) is 0 Å². The van der Waals surface area contributed by atoms with Crippen molar-refractivity contribution >= 4 is 40.3 Å². The van der Waals surface area contributed by atoms with E-state index >= 15 is 0 Å².